The van der Waals surface area contributed by atoms with E-state index in [2.05, 4.69) is 0 Å². The van der Waals surface area contributed by atoms with Crippen LogP contribution in [0.4, 0.5) is 0 Å². The van der Waals surface area contributed by atoms with Crippen LogP contribution in [0.1, 0.15) is 23.7 Å². The first-order valence-electron chi connectivity index (χ1n) is 4.74. The van der Waals surface area contributed by atoms with Crippen LogP contribution in [-0.4, -0.2) is 28.0 Å². The molecule has 4 heteroatoms. The molecule has 0 saturated heterocycles. The lowest BCUT2D eigenvalue weighted by Gasteiger charge is -2.04. The van der Waals surface area contributed by atoms with Gasteiger partial charge >= 0.3 is 5.97 Å². The number of aliphatic hydroxyl groups excluding tert-OH is 1. The van der Waals surface area contributed by atoms with Crippen molar-refractivity contribution in [3.05, 3.63) is 29.8 Å². The number of hydrogen-bond donors (Lipinski definition) is 2. The van der Waals surface area contributed by atoms with Gasteiger partial charge in [0, 0.05) is 10.6 Å². The Labute approximate surface area is 93.1 Å². The van der Waals surface area contributed by atoms with Gasteiger partial charge in [0.15, 0.2) is 0 Å². The summed E-state index contributed by atoms with van der Waals surface area (Å²) in [5.41, 5.74) is 0.303. The number of carboxylic acid groups (broad SMARTS) is 1. The Kier molecular flexibility index (Phi) is 4.65. The third-order valence-corrected chi connectivity index (χ3v) is 2.91. The molecule has 0 aromatic heterocycles. The zero-order valence-electron chi connectivity index (χ0n) is 8.51. The topological polar surface area (TPSA) is 57.5 Å². The maximum absolute atomic E-state index is 10.7. The molecule has 2 N–H and O–H groups in total. The zero-order valence-corrected chi connectivity index (χ0v) is 9.33. The quantitative estimate of drug-likeness (QED) is 0.756. The Bertz CT molecular complexity index is 336. The van der Waals surface area contributed by atoms with Crippen molar-refractivity contribution in [1.29, 1.82) is 0 Å². The van der Waals surface area contributed by atoms with Crippen molar-refractivity contribution in [2.24, 2.45) is 0 Å². The summed E-state index contributed by atoms with van der Waals surface area (Å²) in [6, 6.07) is 6.82. The van der Waals surface area contributed by atoms with Crippen molar-refractivity contribution < 1.29 is 15.0 Å². The molecule has 1 aromatic carbocycles. The van der Waals surface area contributed by atoms with E-state index in [-0.39, 0.29) is 6.10 Å². The molecule has 1 aromatic rings. The number of hydrogen-bond acceptors (Lipinski definition) is 3. The van der Waals surface area contributed by atoms with Gasteiger partial charge in [-0.05, 0) is 31.5 Å². The van der Waals surface area contributed by atoms with Crippen LogP contribution in [0.15, 0.2) is 29.2 Å². The van der Waals surface area contributed by atoms with Crippen LogP contribution >= 0.6 is 11.8 Å². The summed E-state index contributed by atoms with van der Waals surface area (Å²) in [5.74, 6) is -0.117. The summed E-state index contributed by atoms with van der Waals surface area (Å²) in [7, 11) is 0. The molecule has 0 bridgehead atoms. The Morgan fingerprint density at radius 2 is 2.27 bits per heavy atom. The molecule has 0 aliphatic carbocycles. The van der Waals surface area contributed by atoms with E-state index in [1.165, 1.54) is 0 Å². The number of benzene rings is 1. The monoisotopic (exact) mass is 226 g/mol. The zero-order chi connectivity index (χ0) is 11.3. The molecule has 0 aliphatic rings. The second-order valence-corrected chi connectivity index (χ2v) is 4.49. The summed E-state index contributed by atoms with van der Waals surface area (Å²) in [6.07, 6.45) is 0.405. The first-order chi connectivity index (χ1) is 7.09. The highest BCUT2D eigenvalue weighted by atomic mass is 32.2. The molecule has 0 saturated carbocycles. The minimum Gasteiger partial charge on any atom is -0.478 e. The average molecular weight is 226 g/mol. The van der Waals surface area contributed by atoms with Crippen LogP contribution in [0.5, 0.6) is 0 Å². The van der Waals surface area contributed by atoms with Gasteiger partial charge in [0.25, 0.3) is 0 Å². The molecule has 82 valence electrons. The van der Waals surface area contributed by atoms with E-state index >= 15 is 0 Å². The molecule has 1 unspecified atom stereocenters. The molecule has 1 rings (SSSR count). The minimum atomic E-state index is -0.909. The highest BCUT2D eigenvalue weighted by Crippen LogP contribution is 2.20. The fraction of sp³-hybridized carbons (Fsp3) is 0.364. The number of aliphatic hydroxyl groups is 1. The molecule has 0 aliphatic heterocycles. The Morgan fingerprint density at radius 1 is 1.53 bits per heavy atom. The highest BCUT2D eigenvalue weighted by Gasteiger charge is 2.03. The van der Waals surface area contributed by atoms with Crippen molar-refractivity contribution in [3.63, 3.8) is 0 Å². The maximum Gasteiger partial charge on any atom is 0.335 e. The van der Waals surface area contributed by atoms with Gasteiger partial charge in [0.05, 0.1) is 11.7 Å². The van der Waals surface area contributed by atoms with Crippen LogP contribution in [0, 0.1) is 0 Å². The number of carboxylic acids is 1. The molecule has 0 heterocycles. The van der Waals surface area contributed by atoms with Crippen molar-refractivity contribution in [2.45, 2.75) is 24.3 Å². The Balaban J connectivity index is 2.54. The maximum atomic E-state index is 10.7. The van der Waals surface area contributed by atoms with Gasteiger partial charge in [-0.15, -0.1) is 11.8 Å². The molecular weight excluding hydrogens is 212 g/mol. The molecule has 1 atom stereocenters. The van der Waals surface area contributed by atoms with Crippen molar-refractivity contribution in [3.8, 4) is 0 Å². The number of carbonyl (C=O) groups is 1. The highest BCUT2D eigenvalue weighted by molar-refractivity contribution is 7.99. The lowest BCUT2D eigenvalue weighted by molar-refractivity contribution is 0.0696. The van der Waals surface area contributed by atoms with E-state index in [0.29, 0.717) is 12.0 Å². The lowest BCUT2D eigenvalue weighted by atomic mass is 10.2. The van der Waals surface area contributed by atoms with Gasteiger partial charge in [0.1, 0.15) is 0 Å². The van der Waals surface area contributed by atoms with E-state index in [0.717, 1.165) is 10.6 Å². The third-order valence-electron chi connectivity index (χ3n) is 1.89. The summed E-state index contributed by atoms with van der Waals surface area (Å²) < 4.78 is 0. The molecule has 0 radical (unpaired) electrons. The van der Waals surface area contributed by atoms with Gasteiger partial charge in [-0.3, -0.25) is 0 Å². The third kappa shape index (κ3) is 4.36. The summed E-state index contributed by atoms with van der Waals surface area (Å²) >= 11 is 1.56. The molecule has 0 amide bonds. The number of thioether (sulfide) groups is 1. The van der Waals surface area contributed by atoms with E-state index in [4.69, 9.17) is 10.2 Å². The number of rotatable bonds is 5. The van der Waals surface area contributed by atoms with Crippen LogP contribution < -0.4 is 0 Å². The minimum absolute atomic E-state index is 0.303. The van der Waals surface area contributed by atoms with Gasteiger partial charge < -0.3 is 10.2 Å². The van der Waals surface area contributed by atoms with Gasteiger partial charge in [-0.25, -0.2) is 4.79 Å². The second-order valence-electron chi connectivity index (χ2n) is 3.32. The largest absolute Gasteiger partial charge is 0.478 e. The summed E-state index contributed by atoms with van der Waals surface area (Å²) in [5, 5.41) is 17.8. The first-order valence-corrected chi connectivity index (χ1v) is 5.72. The van der Waals surface area contributed by atoms with E-state index in [1.54, 1.807) is 36.9 Å². The summed E-state index contributed by atoms with van der Waals surface area (Å²) in [6.45, 7) is 1.74. The standard InChI is InChI=1S/C11H14O3S/c1-8(12)5-6-15-10-4-2-3-9(7-10)11(13)14/h2-4,7-8,12H,5-6H2,1H3,(H,13,14). The number of aromatic carboxylic acids is 1. The fourth-order valence-corrected chi connectivity index (χ4v) is 2.15. The fourth-order valence-electron chi connectivity index (χ4n) is 1.07. The Morgan fingerprint density at radius 3 is 2.87 bits per heavy atom. The van der Waals surface area contributed by atoms with Crippen LogP contribution in [0.2, 0.25) is 0 Å². The predicted octanol–water partition coefficient (Wildman–Crippen LogP) is 2.25. The van der Waals surface area contributed by atoms with E-state index in [9.17, 15) is 4.79 Å². The summed E-state index contributed by atoms with van der Waals surface area (Å²) in [4.78, 5) is 11.6. The average Bonchev–Trinajstić information content (AvgIpc) is 2.17. The molecular formula is C11H14O3S. The predicted molar refractivity (Wildman–Crippen MR) is 60.4 cm³/mol. The first kappa shape index (κ1) is 12.1. The molecule has 0 fully saturated rings. The van der Waals surface area contributed by atoms with Gasteiger partial charge in [-0.1, -0.05) is 6.07 Å². The van der Waals surface area contributed by atoms with Crippen molar-refractivity contribution in [1.82, 2.24) is 0 Å². The van der Waals surface area contributed by atoms with Gasteiger partial charge in [0.2, 0.25) is 0 Å². The van der Waals surface area contributed by atoms with E-state index < -0.39 is 5.97 Å². The normalized spacial score (nSPS) is 12.4. The van der Waals surface area contributed by atoms with Gasteiger partial charge in [-0.2, -0.15) is 0 Å². The Hall–Kier alpha value is -1.00. The molecule has 15 heavy (non-hydrogen) atoms. The SMILES string of the molecule is CC(O)CCSc1cccc(C(=O)O)c1. The van der Waals surface area contributed by atoms with Crippen LogP contribution in [0.25, 0.3) is 0 Å². The van der Waals surface area contributed by atoms with Crippen LogP contribution in [-0.2, 0) is 0 Å². The van der Waals surface area contributed by atoms with Crippen molar-refractivity contribution in [2.75, 3.05) is 5.75 Å². The molecule has 0 spiro atoms. The molecule has 3 nitrogen and oxygen atoms in total. The van der Waals surface area contributed by atoms with Crippen molar-refractivity contribution >= 4 is 17.7 Å². The second kappa shape index (κ2) is 5.78. The van der Waals surface area contributed by atoms with E-state index in [1.807, 2.05) is 6.07 Å². The smallest absolute Gasteiger partial charge is 0.335 e. The lowest BCUT2D eigenvalue weighted by Crippen LogP contribution is -2.00. The van der Waals surface area contributed by atoms with Crippen LogP contribution in [0.3, 0.4) is 0 Å².